The lowest BCUT2D eigenvalue weighted by Crippen LogP contribution is -2.11. The number of amides is 1. The Bertz CT molecular complexity index is 703. The van der Waals surface area contributed by atoms with E-state index < -0.39 is 0 Å². The first-order valence-corrected chi connectivity index (χ1v) is 5.93. The third-order valence-electron chi connectivity index (χ3n) is 2.40. The molecule has 0 fully saturated rings. The first kappa shape index (κ1) is 11.0. The number of halogens is 1. The normalized spacial score (nSPS) is 10.7. The van der Waals surface area contributed by atoms with Gasteiger partial charge < -0.3 is 8.94 Å². The van der Waals surface area contributed by atoms with Crippen molar-refractivity contribution < 1.29 is 13.7 Å². The molecule has 0 aliphatic rings. The molecule has 0 unspecified atom stereocenters. The Morgan fingerprint density at radius 3 is 3.00 bits per heavy atom. The number of furan rings is 1. The average molecular weight is 307 g/mol. The molecule has 18 heavy (non-hydrogen) atoms. The molecule has 2 aromatic heterocycles. The molecule has 0 aliphatic carbocycles. The van der Waals surface area contributed by atoms with Crippen molar-refractivity contribution in [1.82, 2.24) is 5.16 Å². The van der Waals surface area contributed by atoms with Gasteiger partial charge in [-0.25, -0.2) is 0 Å². The summed E-state index contributed by atoms with van der Waals surface area (Å²) in [6.45, 7) is 0. The van der Waals surface area contributed by atoms with Crippen LogP contribution < -0.4 is 5.32 Å². The zero-order valence-electron chi connectivity index (χ0n) is 9.01. The summed E-state index contributed by atoms with van der Waals surface area (Å²) in [5.74, 6) is -0.00653. The van der Waals surface area contributed by atoms with Crippen LogP contribution in [-0.2, 0) is 0 Å². The minimum atomic E-state index is -0.373. The molecule has 1 aromatic carbocycles. The zero-order chi connectivity index (χ0) is 12.5. The summed E-state index contributed by atoms with van der Waals surface area (Å²) >= 11 is 3.34. The summed E-state index contributed by atoms with van der Waals surface area (Å²) < 4.78 is 11.0. The van der Waals surface area contributed by atoms with Crippen LogP contribution in [0, 0.1) is 0 Å². The van der Waals surface area contributed by atoms with Crippen LogP contribution in [0.2, 0.25) is 0 Å². The van der Waals surface area contributed by atoms with E-state index in [0.717, 1.165) is 4.47 Å². The van der Waals surface area contributed by atoms with Crippen molar-refractivity contribution in [2.75, 3.05) is 5.32 Å². The van der Waals surface area contributed by atoms with Gasteiger partial charge in [0, 0.05) is 10.5 Å². The number of rotatable bonds is 2. The van der Waals surface area contributed by atoms with Gasteiger partial charge in [-0.2, -0.15) is 0 Å². The second-order valence-electron chi connectivity index (χ2n) is 3.60. The van der Waals surface area contributed by atoms with E-state index in [1.54, 1.807) is 24.3 Å². The van der Waals surface area contributed by atoms with Crippen LogP contribution in [0.15, 0.2) is 50.0 Å². The molecular weight excluding hydrogens is 300 g/mol. The van der Waals surface area contributed by atoms with Gasteiger partial charge in [0.25, 0.3) is 5.91 Å². The molecule has 0 saturated heterocycles. The summed E-state index contributed by atoms with van der Waals surface area (Å²) in [7, 11) is 0. The molecule has 90 valence electrons. The van der Waals surface area contributed by atoms with Gasteiger partial charge in [0.1, 0.15) is 0 Å². The van der Waals surface area contributed by atoms with Gasteiger partial charge in [-0.3, -0.25) is 10.1 Å². The average Bonchev–Trinajstić information content (AvgIpc) is 2.97. The summed E-state index contributed by atoms with van der Waals surface area (Å²) in [6, 6.07) is 8.68. The Hall–Kier alpha value is -2.08. The van der Waals surface area contributed by atoms with Crippen LogP contribution in [-0.4, -0.2) is 11.1 Å². The van der Waals surface area contributed by atoms with Gasteiger partial charge in [0.15, 0.2) is 17.2 Å². The lowest BCUT2D eigenvalue weighted by Gasteiger charge is -1.98. The third-order valence-corrected chi connectivity index (χ3v) is 2.90. The van der Waals surface area contributed by atoms with Gasteiger partial charge in [-0.05, 0) is 24.3 Å². The number of nitrogens with zero attached hydrogens (tertiary/aromatic N) is 1. The maximum Gasteiger partial charge on any atom is 0.280 e. The van der Waals surface area contributed by atoms with E-state index in [-0.39, 0.29) is 11.6 Å². The number of anilines is 1. The van der Waals surface area contributed by atoms with Crippen molar-refractivity contribution in [3.05, 3.63) is 46.8 Å². The monoisotopic (exact) mass is 306 g/mol. The molecule has 1 amide bonds. The number of fused-ring (bicyclic) bond motifs is 1. The standard InChI is InChI=1S/C12H7BrN2O3/c13-7-3-4-9-8(6-7)11(15-18-9)12(16)14-10-2-1-5-17-10/h1-6H,(H,14,16). The Balaban J connectivity index is 1.98. The van der Waals surface area contributed by atoms with Crippen molar-refractivity contribution in [2.24, 2.45) is 0 Å². The second kappa shape index (κ2) is 4.30. The van der Waals surface area contributed by atoms with E-state index in [1.807, 2.05) is 6.07 Å². The van der Waals surface area contributed by atoms with Crippen LogP contribution >= 0.6 is 15.9 Å². The topological polar surface area (TPSA) is 68.3 Å². The van der Waals surface area contributed by atoms with Gasteiger partial charge in [0.2, 0.25) is 0 Å². The summed E-state index contributed by atoms with van der Waals surface area (Å²) in [5, 5.41) is 7.01. The predicted octanol–water partition coefficient (Wildman–Crippen LogP) is 3.44. The van der Waals surface area contributed by atoms with Gasteiger partial charge >= 0.3 is 0 Å². The van der Waals surface area contributed by atoms with E-state index in [0.29, 0.717) is 16.9 Å². The fourth-order valence-corrected chi connectivity index (χ4v) is 1.96. The van der Waals surface area contributed by atoms with Crippen molar-refractivity contribution >= 4 is 38.7 Å². The maximum absolute atomic E-state index is 12.0. The number of nitrogens with one attached hydrogen (secondary N) is 1. The van der Waals surface area contributed by atoms with Crippen molar-refractivity contribution in [1.29, 1.82) is 0 Å². The number of hydrogen-bond donors (Lipinski definition) is 1. The fourth-order valence-electron chi connectivity index (χ4n) is 1.60. The molecule has 1 N–H and O–H groups in total. The summed E-state index contributed by atoms with van der Waals surface area (Å²) in [6.07, 6.45) is 1.48. The van der Waals surface area contributed by atoms with Crippen LogP contribution in [0.3, 0.4) is 0 Å². The summed E-state index contributed by atoms with van der Waals surface area (Å²) in [5.41, 5.74) is 0.783. The van der Waals surface area contributed by atoms with Crippen molar-refractivity contribution in [3.8, 4) is 0 Å². The molecule has 2 heterocycles. The Morgan fingerprint density at radius 1 is 1.33 bits per heavy atom. The highest BCUT2D eigenvalue weighted by molar-refractivity contribution is 9.10. The van der Waals surface area contributed by atoms with Crippen LogP contribution in [0.1, 0.15) is 10.5 Å². The molecule has 0 aliphatic heterocycles. The number of carbonyl (C=O) groups excluding carboxylic acids is 1. The lowest BCUT2D eigenvalue weighted by atomic mass is 10.2. The molecule has 0 bridgehead atoms. The number of carbonyl (C=O) groups is 1. The molecule has 0 radical (unpaired) electrons. The highest BCUT2D eigenvalue weighted by atomic mass is 79.9. The number of hydrogen-bond acceptors (Lipinski definition) is 4. The Kier molecular flexibility index (Phi) is 2.64. The molecule has 0 spiro atoms. The van der Waals surface area contributed by atoms with E-state index in [2.05, 4.69) is 26.4 Å². The molecule has 0 saturated carbocycles. The van der Waals surface area contributed by atoms with Crippen molar-refractivity contribution in [3.63, 3.8) is 0 Å². The largest absolute Gasteiger partial charge is 0.449 e. The quantitative estimate of drug-likeness (QED) is 0.787. The molecule has 5 nitrogen and oxygen atoms in total. The van der Waals surface area contributed by atoms with Gasteiger partial charge in [-0.1, -0.05) is 21.1 Å². The van der Waals surface area contributed by atoms with Gasteiger partial charge in [0.05, 0.1) is 11.6 Å². The highest BCUT2D eigenvalue weighted by Gasteiger charge is 2.17. The first-order chi connectivity index (χ1) is 8.74. The Labute approximate surface area is 110 Å². The SMILES string of the molecule is O=C(Nc1ccco1)c1noc2ccc(Br)cc12. The molecule has 6 heteroatoms. The second-order valence-corrected chi connectivity index (χ2v) is 4.52. The first-order valence-electron chi connectivity index (χ1n) is 5.14. The maximum atomic E-state index is 12.0. The number of aromatic nitrogens is 1. The fraction of sp³-hybridized carbons (Fsp3) is 0. The van der Waals surface area contributed by atoms with Crippen LogP contribution in [0.25, 0.3) is 11.0 Å². The van der Waals surface area contributed by atoms with E-state index >= 15 is 0 Å². The highest BCUT2D eigenvalue weighted by Crippen LogP contribution is 2.23. The molecule has 3 rings (SSSR count). The lowest BCUT2D eigenvalue weighted by molar-refractivity contribution is 0.101. The Morgan fingerprint density at radius 2 is 2.22 bits per heavy atom. The zero-order valence-corrected chi connectivity index (χ0v) is 10.6. The predicted molar refractivity (Wildman–Crippen MR) is 68.4 cm³/mol. The third kappa shape index (κ3) is 1.91. The van der Waals surface area contributed by atoms with Crippen molar-refractivity contribution in [2.45, 2.75) is 0 Å². The van der Waals surface area contributed by atoms with E-state index in [4.69, 9.17) is 8.94 Å². The van der Waals surface area contributed by atoms with E-state index in [9.17, 15) is 4.79 Å². The minimum Gasteiger partial charge on any atom is -0.449 e. The van der Waals surface area contributed by atoms with E-state index in [1.165, 1.54) is 6.26 Å². The molecular formula is C12H7BrN2O3. The molecule has 3 aromatic rings. The number of benzene rings is 1. The van der Waals surface area contributed by atoms with Crippen LogP contribution in [0.4, 0.5) is 5.88 Å². The van der Waals surface area contributed by atoms with Crippen LogP contribution in [0.5, 0.6) is 0 Å². The minimum absolute atomic E-state index is 0.225. The summed E-state index contributed by atoms with van der Waals surface area (Å²) in [4.78, 5) is 12.0. The smallest absolute Gasteiger partial charge is 0.280 e. The van der Waals surface area contributed by atoms with Gasteiger partial charge in [-0.15, -0.1) is 0 Å². The molecule has 0 atom stereocenters.